The highest BCUT2D eigenvalue weighted by Crippen LogP contribution is 2.37. The largest absolute Gasteiger partial charge is 0.512 e. The summed E-state index contributed by atoms with van der Waals surface area (Å²) < 4.78 is 5.05. The molecule has 0 unspecified atom stereocenters. The Bertz CT molecular complexity index is 570. The van der Waals surface area contributed by atoms with Crippen molar-refractivity contribution in [3.05, 3.63) is 35.1 Å². The second-order valence-corrected chi connectivity index (χ2v) is 6.05. The fourth-order valence-electron chi connectivity index (χ4n) is 2.56. The summed E-state index contributed by atoms with van der Waals surface area (Å²) in [5.41, 5.74) is 1.11. The molecule has 0 heterocycles. The number of allylic oxidation sites excluding steroid dienone is 2. The number of aliphatic hydroxyl groups is 1. The first kappa shape index (κ1) is 14.4. The van der Waals surface area contributed by atoms with Gasteiger partial charge in [0.1, 0.15) is 0 Å². The van der Waals surface area contributed by atoms with Gasteiger partial charge >= 0.3 is 0 Å². The number of ketones is 1. The topological polar surface area (TPSA) is 66.8 Å². The van der Waals surface area contributed by atoms with Gasteiger partial charge in [-0.05, 0) is 23.1 Å². The van der Waals surface area contributed by atoms with Crippen LogP contribution in [0, 0.1) is 5.41 Å². The minimum Gasteiger partial charge on any atom is -0.512 e. The van der Waals surface area contributed by atoms with E-state index in [0.717, 1.165) is 5.56 Å². The van der Waals surface area contributed by atoms with Gasteiger partial charge in [-0.3, -0.25) is 4.79 Å². The third-order valence-corrected chi connectivity index (χ3v) is 3.60. The van der Waals surface area contributed by atoms with Crippen LogP contribution in [0.2, 0.25) is 0 Å². The summed E-state index contributed by atoms with van der Waals surface area (Å²) in [6.07, 6.45) is 1.32. The van der Waals surface area contributed by atoms with Crippen LogP contribution < -0.4 is 4.74 Å². The number of aromatic hydroxyl groups is 1. The number of rotatable bonds is 3. The Morgan fingerprint density at radius 3 is 2.55 bits per heavy atom. The Kier molecular flexibility index (Phi) is 3.75. The van der Waals surface area contributed by atoms with Crippen molar-refractivity contribution in [2.45, 2.75) is 33.1 Å². The van der Waals surface area contributed by atoms with Crippen molar-refractivity contribution < 1.29 is 19.7 Å². The second-order valence-electron chi connectivity index (χ2n) is 6.05. The first-order valence-electron chi connectivity index (χ1n) is 6.62. The molecule has 108 valence electrons. The molecule has 0 fully saturated rings. The molecule has 0 saturated carbocycles. The maximum absolute atomic E-state index is 12.1. The number of phenols is 1. The molecule has 0 radical (unpaired) electrons. The van der Waals surface area contributed by atoms with Crippen molar-refractivity contribution in [2.75, 3.05) is 7.11 Å². The average Bonchev–Trinajstić information content (AvgIpc) is 2.34. The lowest BCUT2D eigenvalue weighted by molar-refractivity contribution is -0.118. The van der Waals surface area contributed by atoms with Crippen LogP contribution in [0.15, 0.2) is 29.5 Å². The number of benzene rings is 1. The molecule has 0 aliphatic heterocycles. The van der Waals surface area contributed by atoms with Crippen LogP contribution >= 0.6 is 0 Å². The second kappa shape index (κ2) is 5.19. The van der Waals surface area contributed by atoms with Gasteiger partial charge in [-0.1, -0.05) is 19.9 Å². The van der Waals surface area contributed by atoms with E-state index < -0.39 is 0 Å². The minimum atomic E-state index is -0.183. The van der Waals surface area contributed by atoms with Crippen LogP contribution in [-0.4, -0.2) is 23.1 Å². The number of aliphatic hydroxyl groups excluding tert-OH is 1. The number of ether oxygens (including phenoxy) is 1. The summed E-state index contributed by atoms with van der Waals surface area (Å²) in [6, 6.07) is 4.94. The molecule has 0 atom stereocenters. The Morgan fingerprint density at radius 1 is 1.25 bits per heavy atom. The number of carbonyl (C=O) groups is 1. The molecule has 20 heavy (non-hydrogen) atoms. The third kappa shape index (κ3) is 2.95. The lowest BCUT2D eigenvalue weighted by atomic mass is 9.75. The summed E-state index contributed by atoms with van der Waals surface area (Å²) in [5, 5.41) is 19.7. The normalized spacial score (nSPS) is 18.2. The molecule has 0 aromatic heterocycles. The first-order valence-corrected chi connectivity index (χ1v) is 6.62. The highest BCUT2D eigenvalue weighted by Gasteiger charge is 2.32. The fourth-order valence-corrected chi connectivity index (χ4v) is 2.56. The molecule has 0 spiro atoms. The van der Waals surface area contributed by atoms with Gasteiger partial charge in [0.2, 0.25) is 0 Å². The van der Waals surface area contributed by atoms with Crippen LogP contribution in [0.5, 0.6) is 11.5 Å². The monoisotopic (exact) mass is 276 g/mol. The molecular formula is C16H20O4. The smallest absolute Gasteiger partial charge is 0.163 e. The van der Waals surface area contributed by atoms with Gasteiger partial charge in [-0.2, -0.15) is 0 Å². The molecule has 2 rings (SSSR count). The molecule has 0 saturated heterocycles. The zero-order valence-corrected chi connectivity index (χ0v) is 12.1. The van der Waals surface area contributed by atoms with E-state index in [0.29, 0.717) is 30.6 Å². The van der Waals surface area contributed by atoms with E-state index >= 15 is 0 Å². The summed E-state index contributed by atoms with van der Waals surface area (Å²) in [7, 11) is 1.48. The van der Waals surface area contributed by atoms with E-state index in [4.69, 9.17) is 4.74 Å². The van der Waals surface area contributed by atoms with E-state index in [2.05, 4.69) is 0 Å². The zero-order valence-electron chi connectivity index (χ0n) is 12.1. The Balaban J connectivity index is 2.28. The number of carbonyl (C=O) groups excluding carboxylic acids is 1. The average molecular weight is 276 g/mol. The van der Waals surface area contributed by atoms with Gasteiger partial charge in [-0.15, -0.1) is 0 Å². The Morgan fingerprint density at radius 2 is 1.95 bits per heavy atom. The lowest BCUT2D eigenvalue weighted by Gasteiger charge is -2.29. The molecule has 0 amide bonds. The SMILES string of the molecule is COc1cc(CC2=C(O)CC(C)(C)CC2=O)ccc1O. The van der Waals surface area contributed by atoms with E-state index in [1.165, 1.54) is 13.2 Å². The molecule has 1 aliphatic rings. The highest BCUT2D eigenvalue weighted by molar-refractivity contribution is 5.97. The van der Waals surface area contributed by atoms with Crippen LogP contribution in [0.4, 0.5) is 0 Å². The van der Waals surface area contributed by atoms with Crippen LogP contribution in [0.25, 0.3) is 0 Å². The predicted molar refractivity (Wildman–Crippen MR) is 76.0 cm³/mol. The van der Waals surface area contributed by atoms with Crippen molar-refractivity contribution in [1.29, 1.82) is 0 Å². The molecule has 0 bridgehead atoms. The number of Topliss-reactive ketones (excluding diaryl/α,β-unsaturated/α-hetero) is 1. The molecule has 1 aliphatic carbocycles. The highest BCUT2D eigenvalue weighted by atomic mass is 16.5. The maximum Gasteiger partial charge on any atom is 0.163 e. The minimum absolute atomic E-state index is 0.00853. The molecule has 2 N–H and O–H groups in total. The van der Waals surface area contributed by atoms with Crippen molar-refractivity contribution in [3.8, 4) is 11.5 Å². The van der Waals surface area contributed by atoms with Gasteiger partial charge in [-0.25, -0.2) is 0 Å². The number of hydrogen-bond acceptors (Lipinski definition) is 4. The van der Waals surface area contributed by atoms with E-state index in [1.807, 2.05) is 13.8 Å². The Hall–Kier alpha value is -1.97. The van der Waals surface area contributed by atoms with Crippen LogP contribution in [-0.2, 0) is 11.2 Å². The molecular weight excluding hydrogens is 256 g/mol. The standard InChI is InChI=1S/C16H20O4/c1-16(2)8-13(18)11(14(19)9-16)6-10-4-5-12(17)15(7-10)20-3/h4-5,7,17-18H,6,8-9H2,1-3H3. The van der Waals surface area contributed by atoms with Crippen LogP contribution in [0.1, 0.15) is 32.3 Å². The summed E-state index contributed by atoms with van der Waals surface area (Å²) in [4.78, 5) is 12.1. The predicted octanol–water partition coefficient (Wildman–Crippen LogP) is 3.14. The molecule has 1 aromatic rings. The Labute approximate surface area is 118 Å². The molecule has 4 nitrogen and oxygen atoms in total. The van der Waals surface area contributed by atoms with Crippen molar-refractivity contribution in [3.63, 3.8) is 0 Å². The lowest BCUT2D eigenvalue weighted by Crippen LogP contribution is -2.26. The molecule has 1 aromatic carbocycles. The quantitative estimate of drug-likeness (QED) is 0.890. The van der Waals surface area contributed by atoms with Gasteiger partial charge in [0.25, 0.3) is 0 Å². The number of methoxy groups -OCH3 is 1. The van der Waals surface area contributed by atoms with E-state index in [9.17, 15) is 15.0 Å². The van der Waals surface area contributed by atoms with Crippen molar-refractivity contribution in [2.24, 2.45) is 5.41 Å². The number of hydrogen-bond donors (Lipinski definition) is 2. The van der Waals surface area contributed by atoms with E-state index in [-0.39, 0.29) is 22.7 Å². The zero-order chi connectivity index (χ0) is 14.9. The maximum atomic E-state index is 12.1. The van der Waals surface area contributed by atoms with Gasteiger partial charge in [0.05, 0.1) is 12.9 Å². The van der Waals surface area contributed by atoms with Crippen LogP contribution in [0.3, 0.4) is 0 Å². The van der Waals surface area contributed by atoms with Gasteiger partial charge < -0.3 is 14.9 Å². The van der Waals surface area contributed by atoms with E-state index in [1.54, 1.807) is 12.1 Å². The first-order chi connectivity index (χ1) is 9.32. The fraction of sp³-hybridized carbons (Fsp3) is 0.438. The summed E-state index contributed by atoms with van der Waals surface area (Å²) in [6.45, 7) is 3.95. The third-order valence-electron chi connectivity index (χ3n) is 3.60. The van der Waals surface area contributed by atoms with Gasteiger partial charge in [0.15, 0.2) is 17.3 Å². The molecule has 4 heteroatoms. The number of phenolic OH excluding ortho intramolecular Hbond substituents is 1. The van der Waals surface area contributed by atoms with Gasteiger partial charge in [0, 0.05) is 24.8 Å². The summed E-state index contributed by atoms with van der Waals surface area (Å²) in [5.74, 6) is 0.598. The summed E-state index contributed by atoms with van der Waals surface area (Å²) >= 11 is 0. The van der Waals surface area contributed by atoms with Crippen molar-refractivity contribution >= 4 is 5.78 Å². The van der Waals surface area contributed by atoms with Crippen molar-refractivity contribution in [1.82, 2.24) is 0 Å².